The molecule has 1 aromatic heterocycles. The second-order valence-electron chi connectivity index (χ2n) is 3.51. The molecule has 0 aliphatic carbocycles. The summed E-state index contributed by atoms with van der Waals surface area (Å²) in [5, 5.41) is 6.01. The third kappa shape index (κ3) is 2.00. The Morgan fingerprint density at radius 1 is 1.69 bits per heavy atom. The highest BCUT2D eigenvalue weighted by atomic mass is 35.5. The van der Waals surface area contributed by atoms with Crippen molar-refractivity contribution in [2.45, 2.75) is 12.8 Å². The molecule has 1 unspecified atom stereocenters. The van der Waals surface area contributed by atoms with E-state index in [0.29, 0.717) is 5.88 Å². The van der Waals surface area contributed by atoms with Gasteiger partial charge < -0.3 is 4.74 Å². The Balaban J connectivity index is 2.06. The maximum absolute atomic E-state index is 5.96. The van der Waals surface area contributed by atoms with Gasteiger partial charge in [0.05, 0.1) is 12.3 Å². The molecule has 0 aromatic carbocycles. The highest BCUT2D eigenvalue weighted by Crippen LogP contribution is 2.33. The average Bonchev–Trinajstić information content (AvgIpc) is 2.77. The molecule has 0 amide bonds. The molecule has 2 heterocycles. The average molecular weight is 219 g/mol. The highest BCUT2D eigenvalue weighted by molar-refractivity contribution is 7.03. The van der Waals surface area contributed by atoms with Crippen molar-refractivity contribution in [1.29, 1.82) is 0 Å². The quantitative estimate of drug-likeness (QED) is 0.725. The van der Waals surface area contributed by atoms with Crippen LogP contribution < -0.4 is 0 Å². The lowest BCUT2D eigenvalue weighted by atomic mass is 9.85. The van der Waals surface area contributed by atoms with Crippen molar-refractivity contribution in [3.05, 3.63) is 11.1 Å². The van der Waals surface area contributed by atoms with E-state index in [1.165, 1.54) is 11.5 Å². The third-order valence-electron chi connectivity index (χ3n) is 2.43. The van der Waals surface area contributed by atoms with Gasteiger partial charge in [-0.1, -0.05) is 4.49 Å². The van der Waals surface area contributed by atoms with Crippen LogP contribution in [0.15, 0.2) is 5.38 Å². The van der Waals surface area contributed by atoms with Gasteiger partial charge in [0.2, 0.25) is 0 Å². The lowest BCUT2D eigenvalue weighted by Crippen LogP contribution is -2.26. The summed E-state index contributed by atoms with van der Waals surface area (Å²) in [5.74, 6) is 0.643. The van der Waals surface area contributed by atoms with Gasteiger partial charge in [-0.3, -0.25) is 0 Å². The van der Waals surface area contributed by atoms with E-state index in [9.17, 15) is 0 Å². The summed E-state index contributed by atoms with van der Waals surface area (Å²) in [5.41, 5.74) is 1.15. The van der Waals surface area contributed by atoms with Gasteiger partial charge in [0.1, 0.15) is 0 Å². The molecular weight excluding hydrogens is 208 g/mol. The molecule has 13 heavy (non-hydrogen) atoms. The standard InChI is InChI=1S/C8H11ClN2OS/c9-5-8(1-2-12-6-8)3-7-4-13-11-10-7/h4H,1-3,5-6H2. The largest absolute Gasteiger partial charge is 0.381 e. The highest BCUT2D eigenvalue weighted by Gasteiger charge is 2.34. The van der Waals surface area contributed by atoms with E-state index < -0.39 is 0 Å². The Hall–Kier alpha value is -0.190. The molecule has 5 heteroatoms. The van der Waals surface area contributed by atoms with Crippen molar-refractivity contribution in [3.63, 3.8) is 0 Å². The number of rotatable bonds is 3. The minimum Gasteiger partial charge on any atom is -0.381 e. The Morgan fingerprint density at radius 2 is 2.62 bits per heavy atom. The van der Waals surface area contributed by atoms with Crippen molar-refractivity contribution in [1.82, 2.24) is 9.59 Å². The predicted octanol–water partition coefficient (Wildman–Crippen LogP) is 1.73. The summed E-state index contributed by atoms with van der Waals surface area (Å²) in [4.78, 5) is 0. The number of alkyl halides is 1. The molecule has 1 atom stereocenters. The van der Waals surface area contributed by atoms with Gasteiger partial charge in [0.25, 0.3) is 0 Å². The molecule has 0 saturated carbocycles. The van der Waals surface area contributed by atoms with Crippen LogP contribution in [0.4, 0.5) is 0 Å². The van der Waals surface area contributed by atoms with E-state index >= 15 is 0 Å². The number of halogens is 1. The van der Waals surface area contributed by atoms with Gasteiger partial charge in [0, 0.05) is 29.7 Å². The van der Waals surface area contributed by atoms with E-state index in [-0.39, 0.29) is 5.41 Å². The summed E-state index contributed by atoms with van der Waals surface area (Å²) in [6.45, 7) is 1.58. The molecule has 1 fully saturated rings. The van der Waals surface area contributed by atoms with Gasteiger partial charge in [-0.15, -0.1) is 16.7 Å². The fourth-order valence-corrected chi connectivity index (χ4v) is 2.34. The van der Waals surface area contributed by atoms with Crippen LogP contribution in [-0.4, -0.2) is 28.7 Å². The van der Waals surface area contributed by atoms with E-state index in [0.717, 1.165) is 31.7 Å². The first kappa shape index (κ1) is 9.37. The van der Waals surface area contributed by atoms with Crippen molar-refractivity contribution >= 4 is 23.1 Å². The van der Waals surface area contributed by atoms with Crippen molar-refractivity contribution in [3.8, 4) is 0 Å². The number of ether oxygens (including phenoxy) is 1. The lowest BCUT2D eigenvalue weighted by Gasteiger charge is -2.22. The molecule has 0 radical (unpaired) electrons. The summed E-state index contributed by atoms with van der Waals surface area (Å²) in [6.07, 6.45) is 1.93. The fraction of sp³-hybridized carbons (Fsp3) is 0.750. The molecule has 3 nitrogen and oxygen atoms in total. The Kier molecular flexibility index (Phi) is 2.81. The normalized spacial score (nSPS) is 28.1. The van der Waals surface area contributed by atoms with E-state index in [4.69, 9.17) is 16.3 Å². The molecule has 0 spiro atoms. The number of nitrogens with zero attached hydrogens (tertiary/aromatic N) is 2. The summed E-state index contributed by atoms with van der Waals surface area (Å²) in [7, 11) is 0. The van der Waals surface area contributed by atoms with Gasteiger partial charge in [-0.05, 0) is 18.0 Å². The first-order valence-electron chi connectivity index (χ1n) is 4.24. The van der Waals surface area contributed by atoms with Crippen LogP contribution in [0.1, 0.15) is 12.1 Å². The van der Waals surface area contributed by atoms with E-state index in [1.807, 2.05) is 5.38 Å². The van der Waals surface area contributed by atoms with Gasteiger partial charge >= 0.3 is 0 Å². The van der Waals surface area contributed by atoms with Gasteiger partial charge in [-0.25, -0.2) is 0 Å². The van der Waals surface area contributed by atoms with Crippen LogP contribution in [0.3, 0.4) is 0 Å². The monoisotopic (exact) mass is 218 g/mol. The summed E-state index contributed by atoms with van der Waals surface area (Å²) >= 11 is 7.34. The molecule has 0 bridgehead atoms. The van der Waals surface area contributed by atoms with Crippen molar-refractivity contribution in [2.24, 2.45) is 5.41 Å². The molecule has 2 rings (SSSR count). The first-order valence-corrected chi connectivity index (χ1v) is 5.61. The SMILES string of the molecule is ClCC1(Cc2csnn2)CCOC1. The molecule has 1 aliphatic heterocycles. The maximum Gasteiger partial charge on any atom is 0.0762 e. The maximum atomic E-state index is 5.96. The topological polar surface area (TPSA) is 35.0 Å². The molecule has 1 aromatic rings. The van der Waals surface area contributed by atoms with Crippen LogP contribution in [-0.2, 0) is 11.2 Å². The molecule has 1 saturated heterocycles. The zero-order valence-corrected chi connectivity index (χ0v) is 8.77. The van der Waals surface area contributed by atoms with Crippen LogP contribution in [0.2, 0.25) is 0 Å². The minimum atomic E-state index is 0.108. The molecule has 72 valence electrons. The second-order valence-corrected chi connectivity index (χ2v) is 4.39. The molecular formula is C8H11ClN2OS. The zero-order valence-electron chi connectivity index (χ0n) is 7.20. The number of hydrogen-bond acceptors (Lipinski definition) is 4. The zero-order chi connectivity index (χ0) is 9.15. The molecule has 0 N–H and O–H groups in total. The van der Waals surface area contributed by atoms with Crippen LogP contribution >= 0.6 is 23.1 Å². The summed E-state index contributed by atoms with van der Waals surface area (Å²) in [6, 6.07) is 0. The molecule has 1 aliphatic rings. The van der Waals surface area contributed by atoms with E-state index in [2.05, 4.69) is 9.59 Å². The van der Waals surface area contributed by atoms with E-state index in [1.54, 1.807) is 0 Å². The number of aromatic nitrogens is 2. The Morgan fingerprint density at radius 3 is 3.15 bits per heavy atom. The number of hydrogen-bond donors (Lipinski definition) is 0. The van der Waals surface area contributed by atoms with Gasteiger partial charge in [0.15, 0.2) is 0 Å². The van der Waals surface area contributed by atoms with Gasteiger partial charge in [-0.2, -0.15) is 0 Å². The third-order valence-corrected chi connectivity index (χ3v) is 3.55. The smallest absolute Gasteiger partial charge is 0.0762 e. The lowest BCUT2D eigenvalue weighted by molar-refractivity contribution is 0.160. The van der Waals surface area contributed by atoms with Crippen molar-refractivity contribution < 1.29 is 4.74 Å². The van der Waals surface area contributed by atoms with Crippen LogP contribution in [0.25, 0.3) is 0 Å². The Labute approximate surface area is 86.2 Å². The summed E-state index contributed by atoms with van der Waals surface area (Å²) < 4.78 is 9.21. The first-order chi connectivity index (χ1) is 6.35. The second kappa shape index (κ2) is 3.90. The van der Waals surface area contributed by atoms with Crippen molar-refractivity contribution in [2.75, 3.05) is 19.1 Å². The predicted molar refractivity (Wildman–Crippen MR) is 52.2 cm³/mol. The Bertz CT molecular complexity index is 259. The fourth-order valence-electron chi connectivity index (χ4n) is 1.59. The minimum absolute atomic E-state index is 0.108. The van der Waals surface area contributed by atoms with Crippen LogP contribution in [0, 0.1) is 5.41 Å². The van der Waals surface area contributed by atoms with Crippen LogP contribution in [0.5, 0.6) is 0 Å².